The van der Waals surface area contributed by atoms with E-state index >= 15 is 0 Å². The van der Waals surface area contributed by atoms with E-state index in [1.54, 1.807) is 6.92 Å². The Balaban J connectivity index is 1.81. The zero-order valence-electron chi connectivity index (χ0n) is 16.0. The van der Waals surface area contributed by atoms with Crippen LogP contribution in [-0.2, 0) is 16.0 Å². The Morgan fingerprint density at radius 1 is 1.10 bits per heavy atom. The van der Waals surface area contributed by atoms with Crippen molar-refractivity contribution in [3.63, 3.8) is 0 Å². The Labute approximate surface area is 169 Å². The average Bonchev–Trinajstić information content (AvgIpc) is 2.91. The van der Waals surface area contributed by atoms with Crippen molar-refractivity contribution in [1.29, 1.82) is 0 Å². The third-order valence-corrected chi connectivity index (χ3v) is 5.44. The number of phenolic OH excluding ortho intramolecular Hbond substituents is 1. The number of aromatic hydroxyl groups is 1. The highest BCUT2D eigenvalue weighted by Crippen LogP contribution is 2.33. The molecule has 1 aromatic heterocycles. The summed E-state index contributed by atoms with van der Waals surface area (Å²) in [5.74, 6) is -5.10. The molecule has 8 heteroatoms. The third kappa shape index (κ3) is 3.42. The molecule has 4 rings (SSSR count). The fraction of sp³-hybridized carbons (Fsp3) is 0.273. The van der Waals surface area contributed by atoms with Gasteiger partial charge >= 0.3 is 5.97 Å². The van der Waals surface area contributed by atoms with Crippen molar-refractivity contribution in [2.75, 3.05) is 0 Å². The molecule has 0 spiro atoms. The lowest BCUT2D eigenvalue weighted by Crippen LogP contribution is -2.26. The number of carbonyl (C=O) groups is 2. The third-order valence-electron chi connectivity index (χ3n) is 5.44. The van der Waals surface area contributed by atoms with Gasteiger partial charge in [-0.25, -0.2) is 13.2 Å². The van der Waals surface area contributed by atoms with Crippen LogP contribution in [-0.4, -0.2) is 27.7 Å². The largest absolute Gasteiger partial charge is 0.505 e. The number of benzene rings is 2. The quantitative estimate of drug-likeness (QED) is 0.639. The molecule has 2 aromatic carbocycles. The van der Waals surface area contributed by atoms with Gasteiger partial charge in [0, 0.05) is 22.7 Å². The lowest BCUT2D eigenvalue weighted by molar-refractivity contribution is -0.152. The minimum absolute atomic E-state index is 0.101. The number of aromatic nitrogens is 1. The van der Waals surface area contributed by atoms with E-state index in [0.29, 0.717) is 16.6 Å². The van der Waals surface area contributed by atoms with Crippen LogP contribution in [0.15, 0.2) is 30.3 Å². The van der Waals surface area contributed by atoms with E-state index in [0.717, 1.165) is 54.2 Å². The molecule has 1 heterocycles. The van der Waals surface area contributed by atoms with Crippen LogP contribution in [0.2, 0.25) is 0 Å². The number of phenols is 1. The number of nitrogens with zero attached hydrogens (tertiary/aromatic N) is 1. The van der Waals surface area contributed by atoms with Gasteiger partial charge in [-0.3, -0.25) is 14.2 Å². The zero-order chi connectivity index (χ0) is 21.6. The summed E-state index contributed by atoms with van der Waals surface area (Å²) < 4.78 is 47.4. The first-order valence-corrected chi connectivity index (χ1v) is 9.48. The molecule has 0 aliphatic heterocycles. The van der Waals surface area contributed by atoms with Gasteiger partial charge in [0.05, 0.1) is 11.9 Å². The first-order chi connectivity index (χ1) is 14.3. The molecule has 3 aromatic rings. The first-order valence-electron chi connectivity index (χ1n) is 9.48. The van der Waals surface area contributed by atoms with Gasteiger partial charge in [0.15, 0.2) is 23.2 Å². The number of fused-ring (bicyclic) bond motifs is 1. The molecule has 1 fully saturated rings. The molecule has 1 saturated carbocycles. The lowest BCUT2D eigenvalue weighted by atomic mass is 9.96. The minimum atomic E-state index is -1.19. The van der Waals surface area contributed by atoms with Crippen molar-refractivity contribution in [1.82, 2.24) is 4.57 Å². The van der Waals surface area contributed by atoms with E-state index in [1.807, 2.05) is 0 Å². The number of ether oxygens (including phenoxy) is 1. The Kier molecular flexibility index (Phi) is 5.01. The second-order valence-electron chi connectivity index (χ2n) is 7.37. The Hall–Kier alpha value is -3.29. The predicted molar refractivity (Wildman–Crippen MR) is 102 cm³/mol. The van der Waals surface area contributed by atoms with Gasteiger partial charge in [0.2, 0.25) is 0 Å². The van der Waals surface area contributed by atoms with Gasteiger partial charge in [-0.05, 0) is 56.0 Å². The van der Waals surface area contributed by atoms with Gasteiger partial charge in [0.1, 0.15) is 6.10 Å². The maximum atomic E-state index is 14.1. The van der Waals surface area contributed by atoms with Crippen molar-refractivity contribution in [3.05, 3.63) is 64.6 Å². The Morgan fingerprint density at radius 3 is 2.47 bits per heavy atom. The number of hydrogen-bond acceptors (Lipinski definition) is 4. The van der Waals surface area contributed by atoms with Crippen molar-refractivity contribution in [2.45, 2.75) is 38.7 Å². The maximum absolute atomic E-state index is 14.1. The monoisotopic (exact) mass is 417 g/mol. The SMILES string of the molecule is Cc1c(CC(=O)OC2CCC2)c2cc(O)c(F)cc2n1C(=O)c1ccc(F)c(F)c1. The number of hydrogen-bond donors (Lipinski definition) is 1. The molecular formula is C22H18F3NO4. The van der Waals surface area contributed by atoms with Crippen molar-refractivity contribution < 1.29 is 32.6 Å². The number of carbonyl (C=O) groups excluding carboxylic acids is 2. The second kappa shape index (κ2) is 7.51. The second-order valence-corrected chi connectivity index (χ2v) is 7.37. The molecule has 0 atom stereocenters. The maximum Gasteiger partial charge on any atom is 0.310 e. The molecule has 1 aliphatic rings. The number of halogens is 3. The van der Waals surface area contributed by atoms with Crippen LogP contribution in [0.1, 0.15) is 40.9 Å². The van der Waals surface area contributed by atoms with Gasteiger partial charge < -0.3 is 9.84 Å². The topological polar surface area (TPSA) is 68.5 Å². The van der Waals surface area contributed by atoms with Crippen LogP contribution in [0.3, 0.4) is 0 Å². The molecule has 0 amide bonds. The smallest absolute Gasteiger partial charge is 0.310 e. The van der Waals surface area contributed by atoms with Crippen molar-refractivity contribution in [3.8, 4) is 5.75 Å². The Morgan fingerprint density at radius 2 is 1.83 bits per heavy atom. The number of esters is 1. The van der Waals surface area contributed by atoms with E-state index in [4.69, 9.17) is 4.74 Å². The lowest BCUT2D eigenvalue weighted by Gasteiger charge is -2.25. The summed E-state index contributed by atoms with van der Waals surface area (Å²) in [6.45, 7) is 1.55. The molecule has 0 bridgehead atoms. The zero-order valence-corrected chi connectivity index (χ0v) is 16.0. The average molecular weight is 417 g/mol. The standard InChI is InChI=1S/C22H18F3NO4/c1-11-14(9-21(28)30-13-3-2-4-13)15-8-20(27)18(25)10-19(15)26(11)22(29)12-5-6-16(23)17(24)7-12/h5-8,10,13,27H,2-4,9H2,1H3. The highest BCUT2D eigenvalue weighted by Gasteiger charge is 2.26. The summed E-state index contributed by atoms with van der Waals surface area (Å²) in [5, 5.41) is 10.1. The predicted octanol–water partition coefficient (Wildman–Crippen LogP) is 4.40. The summed E-state index contributed by atoms with van der Waals surface area (Å²) in [6.07, 6.45) is 2.29. The molecule has 156 valence electrons. The van der Waals surface area contributed by atoms with Gasteiger partial charge in [-0.15, -0.1) is 0 Å². The highest BCUT2D eigenvalue weighted by atomic mass is 19.2. The molecule has 1 aliphatic carbocycles. The van der Waals surface area contributed by atoms with Gasteiger partial charge in [-0.1, -0.05) is 0 Å². The van der Waals surface area contributed by atoms with E-state index in [1.165, 1.54) is 0 Å². The summed E-state index contributed by atoms with van der Waals surface area (Å²) in [5.41, 5.74) is 0.658. The summed E-state index contributed by atoms with van der Waals surface area (Å²) >= 11 is 0. The van der Waals surface area contributed by atoms with E-state index < -0.39 is 35.1 Å². The Bertz CT molecular complexity index is 1180. The van der Waals surface area contributed by atoms with E-state index in [9.17, 15) is 27.9 Å². The van der Waals surface area contributed by atoms with Crippen LogP contribution in [0.5, 0.6) is 5.75 Å². The fourth-order valence-corrected chi connectivity index (χ4v) is 3.59. The van der Waals surface area contributed by atoms with E-state index in [-0.39, 0.29) is 23.6 Å². The normalized spacial score (nSPS) is 14.0. The fourth-order valence-electron chi connectivity index (χ4n) is 3.59. The molecule has 5 nitrogen and oxygen atoms in total. The summed E-state index contributed by atoms with van der Waals surface area (Å²) in [4.78, 5) is 25.4. The molecular weight excluding hydrogens is 399 g/mol. The summed E-state index contributed by atoms with van der Waals surface area (Å²) in [7, 11) is 0. The number of rotatable bonds is 4. The molecule has 1 N–H and O–H groups in total. The van der Waals surface area contributed by atoms with E-state index in [2.05, 4.69) is 0 Å². The van der Waals surface area contributed by atoms with Crippen molar-refractivity contribution in [2.24, 2.45) is 0 Å². The summed E-state index contributed by atoms with van der Waals surface area (Å²) in [6, 6.07) is 4.80. The van der Waals surface area contributed by atoms with Gasteiger partial charge in [0.25, 0.3) is 5.91 Å². The molecule has 0 saturated heterocycles. The molecule has 0 unspecified atom stereocenters. The van der Waals surface area contributed by atoms with Crippen LogP contribution >= 0.6 is 0 Å². The van der Waals surface area contributed by atoms with Crippen LogP contribution in [0.4, 0.5) is 13.2 Å². The van der Waals surface area contributed by atoms with Crippen LogP contribution in [0, 0.1) is 24.4 Å². The van der Waals surface area contributed by atoms with Gasteiger partial charge in [-0.2, -0.15) is 0 Å². The van der Waals surface area contributed by atoms with Crippen LogP contribution < -0.4 is 0 Å². The van der Waals surface area contributed by atoms with Crippen LogP contribution in [0.25, 0.3) is 10.9 Å². The van der Waals surface area contributed by atoms with Crippen molar-refractivity contribution >= 4 is 22.8 Å². The molecule has 30 heavy (non-hydrogen) atoms. The highest BCUT2D eigenvalue weighted by molar-refractivity contribution is 6.05. The minimum Gasteiger partial charge on any atom is -0.505 e. The first kappa shape index (κ1) is 20.0. The molecule has 0 radical (unpaired) electrons.